The van der Waals surface area contributed by atoms with Gasteiger partial charge in [0.05, 0.1) is 40.1 Å². The fourth-order valence-corrected chi connectivity index (χ4v) is 4.60. The summed E-state index contributed by atoms with van der Waals surface area (Å²) in [6.45, 7) is 1.98. The minimum Gasteiger partial charge on any atom is -0.496 e. The van der Waals surface area contributed by atoms with Gasteiger partial charge in [0.15, 0.2) is 5.16 Å². The average Bonchev–Trinajstić information content (AvgIpc) is 2.84. The molecule has 1 aromatic heterocycles. The number of amides is 1. The maximum absolute atomic E-state index is 13.3. The van der Waals surface area contributed by atoms with E-state index in [1.807, 2.05) is 55.5 Å². The summed E-state index contributed by atoms with van der Waals surface area (Å²) in [4.78, 5) is 30.3. The van der Waals surface area contributed by atoms with Crippen LogP contribution in [0.25, 0.3) is 16.6 Å². The topological polar surface area (TPSA) is 85.6 Å². The molecule has 0 radical (unpaired) electrons. The number of halogens is 1. The Morgan fingerprint density at radius 1 is 1.18 bits per heavy atom. The lowest BCUT2D eigenvalue weighted by Crippen LogP contribution is -2.24. The molecule has 0 saturated carbocycles. The molecular formula is C25H21BrN4O3S. The second-order valence-electron chi connectivity index (χ2n) is 7.36. The first-order valence-corrected chi connectivity index (χ1v) is 12.1. The number of carbonyl (C=O) groups excluding carboxylic acids is 1. The Labute approximate surface area is 209 Å². The minimum absolute atomic E-state index is 0.0420. The molecule has 0 unspecified atom stereocenters. The highest BCUT2D eigenvalue weighted by Crippen LogP contribution is 2.25. The predicted octanol–water partition coefficient (Wildman–Crippen LogP) is 4.71. The molecule has 0 bridgehead atoms. The number of ether oxygens (including phenoxy) is 1. The lowest BCUT2D eigenvalue weighted by molar-refractivity contribution is -0.118. The lowest BCUT2D eigenvalue weighted by Gasteiger charge is -2.13. The van der Waals surface area contributed by atoms with Crippen LogP contribution < -0.4 is 15.7 Å². The van der Waals surface area contributed by atoms with E-state index in [-0.39, 0.29) is 17.2 Å². The van der Waals surface area contributed by atoms with E-state index >= 15 is 0 Å². The van der Waals surface area contributed by atoms with Crippen LogP contribution in [0, 0.1) is 6.92 Å². The van der Waals surface area contributed by atoms with E-state index in [2.05, 4.69) is 31.4 Å². The third-order valence-electron chi connectivity index (χ3n) is 4.95. The van der Waals surface area contributed by atoms with Crippen LogP contribution in [0.4, 0.5) is 0 Å². The molecule has 4 rings (SSSR count). The van der Waals surface area contributed by atoms with E-state index in [0.29, 0.717) is 27.5 Å². The number of nitrogens with one attached hydrogen (secondary N) is 1. The van der Waals surface area contributed by atoms with Gasteiger partial charge in [0.1, 0.15) is 5.75 Å². The predicted molar refractivity (Wildman–Crippen MR) is 139 cm³/mol. The fraction of sp³-hybridized carbons (Fsp3) is 0.120. The van der Waals surface area contributed by atoms with Gasteiger partial charge in [-0.15, -0.1) is 0 Å². The molecule has 7 nitrogen and oxygen atoms in total. The Morgan fingerprint density at radius 3 is 2.68 bits per heavy atom. The number of hydrogen-bond acceptors (Lipinski definition) is 6. The van der Waals surface area contributed by atoms with Crippen molar-refractivity contribution in [2.24, 2.45) is 5.10 Å². The summed E-state index contributed by atoms with van der Waals surface area (Å²) in [6, 6.07) is 20.3. The number of thioether (sulfide) groups is 1. The molecule has 9 heteroatoms. The molecule has 0 aliphatic heterocycles. The zero-order chi connectivity index (χ0) is 24.1. The quantitative estimate of drug-likeness (QED) is 0.160. The summed E-state index contributed by atoms with van der Waals surface area (Å²) >= 11 is 4.60. The molecule has 1 N–H and O–H groups in total. The Bertz CT molecular complexity index is 1430. The van der Waals surface area contributed by atoms with Gasteiger partial charge < -0.3 is 4.74 Å². The van der Waals surface area contributed by atoms with Crippen LogP contribution in [0.1, 0.15) is 11.1 Å². The number of carbonyl (C=O) groups is 1. The molecule has 3 aromatic carbocycles. The Morgan fingerprint density at radius 2 is 1.94 bits per heavy atom. The maximum Gasteiger partial charge on any atom is 0.266 e. The molecule has 0 fully saturated rings. The minimum atomic E-state index is -0.313. The first kappa shape index (κ1) is 23.7. The molecule has 0 atom stereocenters. The monoisotopic (exact) mass is 536 g/mol. The molecule has 1 heterocycles. The van der Waals surface area contributed by atoms with Crippen molar-refractivity contribution in [1.82, 2.24) is 15.0 Å². The van der Waals surface area contributed by atoms with Crippen molar-refractivity contribution in [3.05, 3.63) is 92.7 Å². The summed E-state index contributed by atoms with van der Waals surface area (Å²) in [5.41, 5.74) is 5.50. The number of hydrazone groups is 1. The van der Waals surface area contributed by atoms with Gasteiger partial charge in [0, 0.05) is 0 Å². The molecule has 0 aliphatic carbocycles. The van der Waals surface area contributed by atoms with Gasteiger partial charge in [-0.25, -0.2) is 10.4 Å². The zero-order valence-corrected chi connectivity index (χ0v) is 20.9. The van der Waals surface area contributed by atoms with Gasteiger partial charge in [0.25, 0.3) is 11.5 Å². The Balaban J connectivity index is 1.53. The van der Waals surface area contributed by atoms with E-state index in [1.54, 1.807) is 31.5 Å². The molecule has 0 saturated heterocycles. The third-order valence-corrected chi connectivity index (χ3v) is 6.51. The van der Waals surface area contributed by atoms with Crippen molar-refractivity contribution in [1.29, 1.82) is 0 Å². The number of benzene rings is 3. The summed E-state index contributed by atoms with van der Waals surface area (Å²) in [6.07, 6.45) is 1.54. The number of hydrogen-bond donors (Lipinski definition) is 1. The standard InChI is InChI=1S/C25H21BrN4O3S/c1-16-7-10-18(11-8-16)30-24(32)19-5-3-4-6-21(19)28-25(30)34-15-23(31)29-27-14-17-9-12-22(33-2)20(26)13-17/h3-14H,15H2,1-2H3,(H,29,31). The second kappa shape index (κ2) is 10.7. The van der Waals surface area contributed by atoms with Crippen LogP contribution in [0.5, 0.6) is 5.75 Å². The number of methoxy groups -OCH3 is 1. The largest absolute Gasteiger partial charge is 0.496 e. The van der Waals surface area contributed by atoms with E-state index < -0.39 is 0 Å². The lowest BCUT2D eigenvalue weighted by atomic mass is 10.2. The van der Waals surface area contributed by atoms with E-state index in [1.165, 1.54) is 16.3 Å². The van der Waals surface area contributed by atoms with Crippen LogP contribution >= 0.6 is 27.7 Å². The summed E-state index contributed by atoms with van der Waals surface area (Å²) in [7, 11) is 1.59. The maximum atomic E-state index is 13.3. The first-order valence-electron chi connectivity index (χ1n) is 10.3. The van der Waals surface area contributed by atoms with Crippen LogP contribution in [-0.4, -0.2) is 34.5 Å². The van der Waals surface area contributed by atoms with E-state index in [9.17, 15) is 9.59 Å². The highest BCUT2D eigenvalue weighted by molar-refractivity contribution is 9.10. The molecular weight excluding hydrogens is 516 g/mol. The van der Waals surface area contributed by atoms with Gasteiger partial charge in [-0.3, -0.25) is 14.2 Å². The number of para-hydroxylation sites is 1. The fourth-order valence-electron chi connectivity index (χ4n) is 3.23. The van der Waals surface area contributed by atoms with Crippen molar-refractivity contribution in [3.8, 4) is 11.4 Å². The van der Waals surface area contributed by atoms with Gasteiger partial charge in [-0.05, 0) is 70.9 Å². The normalized spacial score (nSPS) is 11.1. The van der Waals surface area contributed by atoms with Crippen LogP contribution in [0.2, 0.25) is 0 Å². The second-order valence-corrected chi connectivity index (χ2v) is 9.16. The van der Waals surface area contributed by atoms with Crippen molar-refractivity contribution < 1.29 is 9.53 Å². The average molecular weight is 537 g/mol. The van der Waals surface area contributed by atoms with Crippen LogP contribution in [-0.2, 0) is 4.79 Å². The molecule has 0 aliphatic rings. The van der Waals surface area contributed by atoms with Gasteiger partial charge >= 0.3 is 0 Å². The number of fused-ring (bicyclic) bond motifs is 1. The first-order chi connectivity index (χ1) is 16.5. The summed E-state index contributed by atoms with van der Waals surface area (Å²) in [5.74, 6) is 0.437. The summed E-state index contributed by atoms with van der Waals surface area (Å²) < 4.78 is 7.53. The number of aryl methyl sites for hydroxylation is 1. The number of nitrogens with zero attached hydrogens (tertiary/aromatic N) is 3. The smallest absolute Gasteiger partial charge is 0.266 e. The van der Waals surface area contributed by atoms with Crippen LogP contribution in [0.3, 0.4) is 0 Å². The van der Waals surface area contributed by atoms with Crippen molar-refractivity contribution in [3.63, 3.8) is 0 Å². The van der Waals surface area contributed by atoms with Gasteiger partial charge in [0.2, 0.25) is 0 Å². The molecule has 4 aromatic rings. The zero-order valence-electron chi connectivity index (χ0n) is 18.5. The Hall–Kier alpha value is -3.43. The Kier molecular flexibility index (Phi) is 7.44. The highest BCUT2D eigenvalue weighted by atomic mass is 79.9. The molecule has 0 spiro atoms. The van der Waals surface area contributed by atoms with Crippen molar-refractivity contribution in [2.75, 3.05) is 12.9 Å². The molecule has 172 valence electrons. The van der Waals surface area contributed by atoms with Crippen molar-refractivity contribution in [2.45, 2.75) is 12.1 Å². The number of rotatable bonds is 7. The van der Waals surface area contributed by atoms with Gasteiger partial charge in [-0.1, -0.05) is 41.6 Å². The summed E-state index contributed by atoms with van der Waals surface area (Å²) in [5, 5.41) is 4.98. The van der Waals surface area contributed by atoms with E-state index in [4.69, 9.17) is 4.74 Å². The van der Waals surface area contributed by atoms with E-state index in [0.717, 1.165) is 15.6 Å². The van der Waals surface area contributed by atoms with Crippen LogP contribution in [0.15, 0.2) is 86.3 Å². The molecule has 1 amide bonds. The van der Waals surface area contributed by atoms with Crippen molar-refractivity contribution >= 4 is 50.7 Å². The SMILES string of the molecule is COc1ccc(C=NNC(=O)CSc2nc3ccccc3c(=O)n2-c2ccc(C)cc2)cc1Br. The van der Waals surface area contributed by atoms with Gasteiger partial charge in [-0.2, -0.15) is 5.10 Å². The third kappa shape index (κ3) is 5.37. The highest BCUT2D eigenvalue weighted by Gasteiger charge is 2.14. The number of aromatic nitrogens is 2. The molecule has 34 heavy (non-hydrogen) atoms.